The number of aliphatic hydroxyl groups is 4. The number of hydrogen-bond acceptors (Lipinski definition) is 6. The van der Waals surface area contributed by atoms with E-state index in [-0.39, 0.29) is 0 Å². The van der Waals surface area contributed by atoms with Crippen molar-refractivity contribution in [1.82, 2.24) is 0 Å². The van der Waals surface area contributed by atoms with Crippen LogP contribution in [-0.2, 0) is 4.74 Å². The van der Waals surface area contributed by atoms with Crippen LogP contribution in [0.2, 0.25) is 0 Å². The van der Waals surface area contributed by atoms with Crippen molar-refractivity contribution in [2.24, 2.45) is 5.11 Å². The lowest BCUT2D eigenvalue weighted by molar-refractivity contribution is -0.759. The summed E-state index contributed by atoms with van der Waals surface area (Å²) in [7, 11) is 0. The van der Waals surface area contributed by atoms with Crippen molar-refractivity contribution in [3.8, 4) is 0 Å². The molecule has 0 amide bonds. The lowest BCUT2D eigenvalue weighted by Crippen LogP contribution is -2.59. The fourth-order valence-corrected chi connectivity index (χ4v) is 1.61. The van der Waals surface area contributed by atoms with Crippen molar-refractivity contribution in [2.75, 3.05) is 13.3 Å². The lowest BCUT2D eigenvalue weighted by Gasteiger charge is -2.26. The minimum atomic E-state index is -1.70. The summed E-state index contributed by atoms with van der Waals surface area (Å²) in [5, 5.41) is 40.0. The van der Waals surface area contributed by atoms with Gasteiger partial charge in [-0.2, -0.15) is 0 Å². The molecule has 0 aliphatic carbocycles. The Morgan fingerprint density at radius 1 is 1.46 bits per heavy atom. The maximum Gasteiger partial charge on any atom is 0.343 e. The van der Waals surface area contributed by atoms with Crippen LogP contribution in [0.15, 0.2) is 5.11 Å². The summed E-state index contributed by atoms with van der Waals surface area (Å²) in [5.41, 5.74) is -1.70. The topological polar surface area (TPSA) is 106 Å². The Balaban J connectivity index is 2.19. The van der Waals surface area contributed by atoms with Crippen LogP contribution < -0.4 is 0 Å². The fraction of sp³-hybridized carbons (Fsp3) is 1.00. The molecule has 2 aliphatic rings. The Hall–Kier alpha value is -0.600. The molecule has 2 heterocycles. The molecule has 0 radical (unpaired) electrons. The van der Waals surface area contributed by atoms with Gasteiger partial charge in [0.25, 0.3) is 6.73 Å². The molecular formula is C6H11N2O5+. The smallest absolute Gasteiger partial charge is 0.343 e. The highest BCUT2D eigenvalue weighted by Crippen LogP contribution is 2.39. The van der Waals surface area contributed by atoms with E-state index in [0.29, 0.717) is 0 Å². The van der Waals surface area contributed by atoms with Gasteiger partial charge in [-0.15, -0.1) is 0 Å². The summed E-state index contributed by atoms with van der Waals surface area (Å²) in [6.07, 6.45) is -2.95. The standard InChI is InChI=1S/C6H11N2O5/c9-1-3-4(11)6(12)5(13-3)8(2-10)7-6/h3-5,9-12H,1-2H2/q+1. The fourth-order valence-electron chi connectivity index (χ4n) is 1.61. The number of ether oxygens (including phenoxy) is 1. The molecule has 4 atom stereocenters. The van der Waals surface area contributed by atoms with Gasteiger partial charge in [0.05, 0.1) is 6.61 Å². The molecule has 4 unspecified atom stereocenters. The second-order valence-electron chi connectivity index (χ2n) is 3.12. The van der Waals surface area contributed by atoms with Crippen LogP contribution in [0.5, 0.6) is 0 Å². The van der Waals surface area contributed by atoms with Gasteiger partial charge < -0.3 is 25.2 Å². The van der Waals surface area contributed by atoms with Crippen molar-refractivity contribution >= 4 is 0 Å². The molecule has 74 valence electrons. The van der Waals surface area contributed by atoms with Gasteiger partial charge >= 0.3 is 12.0 Å². The second-order valence-corrected chi connectivity index (χ2v) is 3.12. The van der Waals surface area contributed by atoms with Gasteiger partial charge in [-0.3, -0.25) is 0 Å². The zero-order chi connectivity index (χ0) is 9.64. The highest BCUT2D eigenvalue weighted by atomic mass is 16.6. The van der Waals surface area contributed by atoms with E-state index in [0.717, 1.165) is 4.70 Å². The van der Waals surface area contributed by atoms with E-state index in [2.05, 4.69) is 5.11 Å². The van der Waals surface area contributed by atoms with Crippen molar-refractivity contribution < 1.29 is 29.9 Å². The van der Waals surface area contributed by atoms with E-state index in [1.54, 1.807) is 0 Å². The number of nitrogens with zero attached hydrogens (tertiary/aromatic N) is 2. The maximum atomic E-state index is 9.62. The second kappa shape index (κ2) is 2.69. The SMILES string of the molecule is OCC1OC2[N+](CO)=NC2(O)C1O. The molecule has 1 fully saturated rings. The Bertz CT molecular complexity index is 257. The van der Waals surface area contributed by atoms with Crippen molar-refractivity contribution in [1.29, 1.82) is 0 Å². The zero-order valence-corrected chi connectivity index (χ0v) is 6.74. The third-order valence-corrected chi connectivity index (χ3v) is 2.34. The molecule has 0 spiro atoms. The number of azo groups is 2. The Labute approximate surface area is 73.5 Å². The average molecular weight is 191 g/mol. The molecule has 2 aliphatic heterocycles. The van der Waals surface area contributed by atoms with E-state index in [1.165, 1.54) is 0 Å². The van der Waals surface area contributed by atoms with E-state index >= 15 is 0 Å². The Morgan fingerprint density at radius 3 is 2.69 bits per heavy atom. The first-order chi connectivity index (χ1) is 6.13. The number of hydrogen-bond donors (Lipinski definition) is 4. The Kier molecular flexibility index (Phi) is 1.86. The molecule has 1 saturated heterocycles. The molecule has 0 saturated carbocycles. The number of rotatable bonds is 2. The van der Waals surface area contributed by atoms with Gasteiger partial charge in [0.2, 0.25) is 0 Å². The molecule has 0 bridgehead atoms. The van der Waals surface area contributed by atoms with Gasteiger partial charge in [0.15, 0.2) is 0 Å². The van der Waals surface area contributed by atoms with Crippen LogP contribution in [0.3, 0.4) is 0 Å². The minimum Gasteiger partial charge on any atom is -0.394 e. The van der Waals surface area contributed by atoms with Gasteiger partial charge in [0.1, 0.15) is 12.2 Å². The zero-order valence-electron chi connectivity index (χ0n) is 6.74. The first-order valence-electron chi connectivity index (χ1n) is 3.90. The van der Waals surface area contributed by atoms with Gasteiger partial charge in [-0.1, -0.05) is 4.70 Å². The minimum absolute atomic E-state index is 0.391. The molecule has 4 N–H and O–H groups in total. The third-order valence-electron chi connectivity index (χ3n) is 2.34. The molecule has 0 aromatic carbocycles. The average Bonchev–Trinajstić information content (AvgIpc) is 2.30. The van der Waals surface area contributed by atoms with E-state index in [9.17, 15) is 10.2 Å². The number of aliphatic hydroxyl groups excluding tert-OH is 3. The summed E-state index contributed by atoms with van der Waals surface area (Å²) in [4.78, 5) is 0. The molecular weight excluding hydrogens is 180 g/mol. The van der Waals surface area contributed by atoms with Crippen LogP contribution in [0.1, 0.15) is 0 Å². The molecule has 2 rings (SSSR count). The summed E-state index contributed by atoms with van der Waals surface area (Å²) < 4.78 is 6.15. The predicted molar refractivity (Wildman–Crippen MR) is 36.5 cm³/mol. The maximum absolute atomic E-state index is 9.62. The summed E-state index contributed by atoms with van der Waals surface area (Å²) in [5.74, 6) is 0. The highest BCUT2D eigenvalue weighted by Gasteiger charge is 2.71. The van der Waals surface area contributed by atoms with Crippen LogP contribution in [0.4, 0.5) is 0 Å². The van der Waals surface area contributed by atoms with E-state index in [4.69, 9.17) is 14.9 Å². The first kappa shape index (κ1) is 8.97. The molecule has 13 heavy (non-hydrogen) atoms. The van der Waals surface area contributed by atoms with Crippen LogP contribution >= 0.6 is 0 Å². The van der Waals surface area contributed by atoms with Crippen LogP contribution in [-0.4, -0.2) is 62.6 Å². The summed E-state index contributed by atoms with van der Waals surface area (Å²) >= 11 is 0. The van der Waals surface area contributed by atoms with Crippen molar-refractivity contribution in [3.63, 3.8) is 0 Å². The molecule has 7 nitrogen and oxygen atoms in total. The van der Waals surface area contributed by atoms with E-state index < -0.39 is 37.5 Å². The van der Waals surface area contributed by atoms with Crippen molar-refractivity contribution in [3.05, 3.63) is 0 Å². The Morgan fingerprint density at radius 2 is 2.15 bits per heavy atom. The van der Waals surface area contributed by atoms with Gasteiger partial charge in [0, 0.05) is 5.11 Å². The largest absolute Gasteiger partial charge is 0.394 e. The molecule has 0 aromatic rings. The molecule has 0 aromatic heterocycles. The molecule has 7 heteroatoms. The lowest BCUT2D eigenvalue weighted by atomic mass is 10.0. The van der Waals surface area contributed by atoms with Crippen molar-refractivity contribution in [2.45, 2.75) is 24.2 Å². The summed E-state index contributed by atoms with van der Waals surface area (Å²) in [6, 6.07) is 0. The van der Waals surface area contributed by atoms with Gasteiger partial charge in [-0.25, -0.2) is 0 Å². The monoisotopic (exact) mass is 191 g/mol. The van der Waals surface area contributed by atoms with Crippen LogP contribution in [0, 0.1) is 0 Å². The predicted octanol–water partition coefficient (Wildman–Crippen LogP) is -2.82. The first-order valence-corrected chi connectivity index (χ1v) is 3.90. The third kappa shape index (κ3) is 0.960. The summed E-state index contributed by atoms with van der Waals surface area (Å²) in [6.45, 7) is -0.785. The van der Waals surface area contributed by atoms with Crippen LogP contribution in [0.25, 0.3) is 0 Å². The number of fused-ring (bicyclic) bond motifs is 1. The normalized spacial score (nSPS) is 48.3. The van der Waals surface area contributed by atoms with E-state index in [1.807, 2.05) is 0 Å². The highest BCUT2D eigenvalue weighted by molar-refractivity contribution is 4.99. The van der Waals surface area contributed by atoms with Gasteiger partial charge in [-0.05, 0) is 0 Å². The quantitative estimate of drug-likeness (QED) is 0.352.